The number of halogens is 2. The molecule has 5 rings (SSSR count). The van der Waals surface area contributed by atoms with E-state index in [-0.39, 0.29) is 61.0 Å². The molecule has 2 heterocycles. The number of ether oxygens (including phenoxy) is 1. The van der Waals surface area contributed by atoms with Crippen molar-refractivity contribution in [2.75, 3.05) is 6.61 Å². The lowest BCUT2D eigenvalue weighted by Gasteiger charge is -2.14. The van der Waals surface area contributed by atoms with Crippen molar-refractivity contribution in [2.45, 2.75) is 37.8 Å². The van der Waals surface area contributed by atoms with E-state index in [1.165, 1.54) is 28.3 Å². The highest BCUT2D eigenvalue weighted by Gasteiger charge is 2.59. The Morgan fingerprint density at radius 1 is 1.11 bits per heavy atom. The molecule has 182 valence electrons. The van der Waals surface area contributed by atoms with E-state index in [4.69, 9.17) is 4.74 Å². The molecular formula is C25H24F2N4O4. The van der Waals surface area contributed by atoms with Gasteiger partial charge in [0.2, 0.25) is 0 Å². The van der Waals surface area contributed by atoms with Crippen LogP contribution in [-0.2, 0) is 25.8 Å². The Morgan fingerprint density at radius 2 is 1.80 bits per heavy atom. The Kier molecular flexibility index (Phi) is 5.76. The summed E-state index contributed by atoms with van der Waals surface area (Å²) in [6.07, 6.45) is -1.64. The predicted molar refractivity (Wildman–Crippen MR) is 125 cm³/mol. The molecule has 0 saturated heterocycles. The first-order chi connectivity index (χ1) is 16.8. The number of fused-ring (bicyclic) bond motifs is 1. The first kappa shape index (κ1) is 23.0. The van der Waals surface area contributed by atoms with Crippen molar-refractivity contribution in [3.63, 3.8) is 0 Å². The third kappa shape index (κ3) is 3.93. The summed E-state index contributed by atoms with van der Waals surface area (Å²) in [6.45, 7) is 0.0487. The van der Waals surface area contributed by atoms with Gasteiger partial charge in [0.05, 0.1) is 6.54 Å². The minimum absolute atomic E-state index is 0.0250. The van der Waals surface area contributed by atoms with Gasteiger partial charge in [0.15, 0.2) is 16.8 Å². The molecule has 0 aliphatic heterocycles. The zero-order valence-corrected chi connectivity index (χ0v) is 19.0. The van der Waals surface area contributed by atoms with Gasteiger partial charge in [-0.1, -0.05) is 48.5 Å². The van der Waals surface area contributed by atoms with Gasteiger partial charge in [-0.3, -0.25) is 18.5 Å². The Hall–Kier alpha value is -3.79. The number of aromatic nitrogens is 4. The summed E-state index contributed by atoms with van der Waals surface area (Å²) in [6, 6.07) is 15.5. The Balaban J connectivity index is 1.70. The van der Waals surface area contributed by atoms with Crippen LogP contribution in [0.15, 0.2) is 64.2 Å². The number of hydrogen-bond donors (Lipinski definition) is 1. The number of aliphatic hydroxyl groups is 1. The Labute approximate surface area is 198 Å². The standard InChI is InChI=1S/C25H24F2N4O4/c1-29-21-20(22(33)30(24(29)34)12-7-13-32)31(15-16-8-3-2-4-9-16)23(28-21)35-18-11-6-5-10-17(18)25(27)14-19(25)26/h2-6,8-11,19,32H,7,12-15H2,1H3. The van der Waals surface area contributed by atoms with Crippen molar-refractivity contribution in [2.24, 2.45) is 7.05 Å². The van der Waals surface area contributed by atoms with Gasteiger partial charge >= 0.3 is 11.7 Å². The number of benzene rings is 2. The lowest BCUT2D eigenvalue weighted by Crippen LogP contribution is -2.39. The Bertz CT molecular complexity index is 1510. The van der Waals surface area contributed by atoms with Crippen LogP contribution >= 0.6 is 0 Å². The van der Waals surface area contributed by atoms with E-state index in [1.54, 1.807) is 12.1 Å². The van der Waals surface area contributed by atoms with Crippen LogP contribution in [0.25, 0.3) is 11.2 Å². The SMILES string of the molecule is Cn1c(=O)n(CCCO)c(=O)c2c1nc(Oc1ccccc1C1(F)CC1F)n2Cc1ccccc1. The number of aryl methyl sites for hydroxylation is 1. The van der Waals surface area contributed by atoms with Gasteiger partial charge in [0, 0.05) is 32.2 Å². The molecule has 2 aromatic carbocycles. The van der Waals surface area contributed by atoms with E-state index in [2.05, 4.69) is 4.98 Å². The molecule has 10 heteroatoms. The average Bonchev–Trinajstić information content (AvgIpc) is 3.33. The fourth-order valence-electron chi connectivity index (χ4n) is 4.25. The molecular weight excluding hydrogens is 458 g/mol. The smallest absolute Gasteiger partial charge is 0.332 e. The highest BCUT2D eigenvalue weighted by molar-refractivity contribution is 5.72. The van der Waals surface area contributed by atoms with Crippen LogP contribution in [-0.4, -0.2) is 36.6 Å². The van der Waals surface area contributed by atoms with Crippen molar-refractivity contribution < 1.29 is 18.6 Å². The van der Waals surface area contributed by atoms with Crippen molar-refractivity contribution in [1.29, 1.82) is 0 Å². The summed E-state index contributed by atoms with van der Waals surface area (Å²) < 4.78 is 38.7. The van der Waals surface area contributed by atoms with E-state index in [1.807, 2.05) is 30.3 Å². The minimum atomic E-state index is -2.13. The topological polar surface area (TPSA) is 91.3 Å². The Morgan fingerprint density at radius 3 is 2.49 bits per heavy atom. The molecule has 35 heavy (non-hydrogen) atoms. The summed E-state index contributed by atoms with van der Waals surface area (Å²) in [7, 11) is 1.49. The maximum absolute atomic E-state index is 15.0. The van der Waals surface area contributed by atoms with Gasteiger partial charge < -0.3 is 9.84 Å². The fraction of sp³-hybridized carbons (Fsp3) is 0.320. The van der Waals surface area contributed by atoms with Crippen molar-refractivity contribution in [3.8, 4) is 11.8 Å². The molecule has 4 aromatic rings. The summed E-state index contributed by atoms with van der Waals surface area (Å²) >= 11 is 0. The third-order valence-electron chi connectivity index (χ3n) is 6.27. The zero-order chi connectivity index (χ0) is 24.7. The summed E-state index contributed by atoms with van der Waals surface area (Å²) in [4.78, 5) is 30.7. The number of alkyl halides is 2. The molecule has 2 unspecified atom stereocenters. The molecule has 1 aliphatic carbocycles. The van der Waals surface area contributed by atoms with E-state index >= 15 is 0 Å². The van der Waals surface area contributed by atoms with Crippen LogP contribution in [0, 0.1) is 0 Å². The highest BCUT2D eigenvalue weighted by Crippen LogP contribution is 2.55. The van der Waals surface area contributed by atoms with E-state index in [0.717, 1.165) is 10.1 Å². The van der Waals surface area contributed by atoms with Crippen LogP contribution in [0.4, 0.5) is 8.78 Å². The van der Waals surface area contributed by atoms with E-state index in [0.29, 0.717) is 0 Å². The first-order valence-corrected chi connectivity index (χ1v) is 11.3. The van der Waals surface area contributed by atoms with Crippen LogP contribution in [0.3, 0.4) is 0 Å². The molecule has 0 bridgehead atoms. The lowest BCUT2D eigenvalue weighted by atomic mass is 10.1. The molecule has 0 spiro atoms. The van der Waals surface area contributed by atoms with Crippen LogP contribution in [0.5, 0.6) is 11.8 Å². The molecule has 2 aromatic heterocycles. The second-order valence-corrected chi connectivity index (χ2v) is 8.65. The number of nitrogens with zero attached hydrogens (tertiary/aromatic N) is 4. The predicted octanol–water partition coefficient (Wildman–Crippen LogP) is 3.03. The average molecular weight is 482 g/mol. The van der Waals surface area contributed by atoms with Crippen LogP contribution in [0.1, 0.15) is 24.0 Å². The van der Waals surface area contributed by atoms with Crippen molar-refractivity contribution >= 4 is 11.2 Å². The number of aliphatic hydroxyl groups excluding tert-OH is 1. The third-order valence-corrected chi connectivity index (χ3v) is 6.27. The highest BCUT2D eigenvalue weighted by atomic mass is 19.2. The summed E-state index contributed by atoms with van der Waals surface area (Å²) in [5.74, 6) is 0.0883. The number of para-hydroxylation sites is 1. The summed E-state index contributed by atoms with van der Waals surface area (Å²) in [5.41, 5.74) is -2.13. The lowest BCUT2D eigenvalue weighted by molar-refractivity contribution is 0.245. The molecule has 0 amide bonds. The molecule has 1 aliphatic rings. The van der Waals surface area contributed by atoms with Gasteiger partial charge in [0.25, 0.3) is 5.56 Å². The maximum atomic E-state index is 15.0. The second kappa shape index (κ2) is 8.77. The van der Waals surface area contributed by atoms with Gasteiger partial charge in [-0.15, -0.1) is 0 Å². The normalized spacial score (nSPS) is 19.3. The maximum Gasteiger partial charge on any atom is 0.332 e. The zero-order valence-electron chi connectivity index (χ0n) is 19.0. The monoisotopic (exact) mass is 482 g/mol. The number of rotatable bonds is 8. The van der Waals surface area contributed by atoms with Crippen LogP contribution in [0.2, 0.25) is 0 Å². The van der Waals surface area contributed by atoms with E-state index < -0.39 is 23.1 Å². The number of imidazole rings is 1. The molecule has 1 N–H and O–H groups in total. The first-order valence-electron chi connectivity index (χ1n) is 11.3. The van der Waals surface area contributed by atoms with Crippen molar-refractivity contribution in [1.82, 2.24) is 18.7 Å². The molecule has 1 fully saturated rings. The van der Waals surface area contributed by atoms with Crippen molar-refractivity contribution in [3.05, 3.63) is 86.6 Å². The quantitative estimate of drug-likeness (QED) is 0.417. The van der Waals surface area contributed by atoms with Gasteiger partial charge in [0.1, 0.15) is 11.9 Å². The van der Waals surface area contributed by atoms with Gasteiger partial charge in [-0.05, 0) is 18.1 Å². The minimum Gasteiger partial charge on any atom is -0.425 e. The molecule has 0 radical (unpaired) electrons. The van der Waals surface area contributed by atoms with Crippen LogP contribution < -0.4 is 16.0 Å². The second-order valence-electron chi connectivity index (χ2n) is 8.65. The van der Waals surface area contributed by atoms with E-state index in [9.17, 15) is 23.5 Å². The largest absolute Gasteiger partial charge is 0.425 e. The fourth-order valence-corrected chi connectivity index (χ4v) is 4.25. The number of hydrogen-bond acceptors (Lipinski definition) is 5. The molecule has 8 nitrogen and oxygen atoms in total. The molecule has 1 saturated carbocycles. The van der Waals surface area contributed by atoms with Gasteiger partial charge in [-0.25, -0.2) is 13.6 Å². The molecule has 2 atom stereocenters. The van der Waals surface area contributed by atoms with Gasteiger partial charge in [-0.2, -0.15) is 4.98 Å². The summed E-state index contributed by atoms with van der Waals surface area (Å²) in [5, 5.41) is 9.21.